The number of methoxy groups -OCH3 is 1. The second kappa shape index (κ2) is 6.13. The van der Waals surface area contributed by atoms with Crippen LogP contribution in [-0.2, 0) is 0 Å². The second-order valence-corrected chi connectivity index (χ2v) is 5.50. The van der Waals surface area contributed by atoms with Crippen LogP contribution in [-0.4, -0.2) is 31.3 Å². The number of carbonyl (C=O) groups excluding carboxylic acids is 1. The molecule has 0 saturated heterocycles. The number of anilines is 1. The number of nitrogens with two attached hydrogens (primary N) is 1. The number of benzene rings is 1. The van der Waals surface area contributed by atoms with Crippen LogP contribution in [0.15, 0.2) is 18.2 Å². The van der Waals surface area contributed by atoms with Gasteiger partial charge in [-0.1, -0.05) is 12.8 Å². The van der Waals surface area contributed by atoms with Crippen LogP contribution in [0.1, 0.15) is 36.0 Å². The predicted molar refractivity (Wildman–Crippen MR) is 77.7 cm³/mol. The average molecular weight is 278 g/mol. The minimum Gasteiger partial charge on any atom is -0.497 e. The van der Waals surface area contributed by atoms with Gasteiger partial charge in [-0.15, -0.1) is 0 Å². The molecule has 0 unspecified atom stereocenters. The van der Waals surface area contributed by atoms with Gasteiger partial charge in [-0.2, -0.15) is 0 Å². The summed E-state index contributed by atoms with van der Waals surface area (Å²) >= 11 is 0. The lowest BCUT2D eigenvalue weighted by Crippen LogP contribution is -2.38. The summed E-state index contributed by atoms with van der Waals surface area (Å²) in [5.41, 5.74) is 6.50. The van der Waals surface area contributed by atoms with E-state index >= 15 is 0 Å². The van der Waals surface area contributed by atoms with Crippen molar-refractivity contribution in [2.24, 2.45) is 5.41 Å². The molecule has 5 nitrogen and oxygen atoms in total. The van der Waals surface area contributed by atoms with Crippen molar-refractivity contribution in [3.05, 3.63) is 23.8 Å². The van der Waals surface area contributed by atoms with Gasteiger partial charge in [0.2, 0.25) is 0 Å². The highest BCUT2D eigenvalue weighted by molar-refractivity contribution is 5.99. The molecule has 1 fully saturated rings. The Morgan fingerprint density at radius 2 is 2.15 bits per heavy atom. The Morgan fingerprint density at radius 1 is 1.45 bits per heavy atom. The molecular weight excluding hydrogens is 256 g/mol. The van der Waals surface area contributed by atoms with Gasteiger partial charge in [-0.25, -0.2) is 0 Å². The molecule has 0 atom stereocenters. The molecule has 1 aromatic carbocycles. The zero-order valence-corrected chi connectivity index (χ0v) is 11.8. The predicted octanol–water partition coefficient (Wildman–Crippen LogP) is 1.56. The zero-order chi connectivity index (χ0) is 14.6. The van der Waals surface area contributed by atoms with Crippen LogP contribution >= 0.6 is 0 Å². The van der Waals surface area contributed by atoms with E-state index in [-0.39, 0.29) is 17.9 Å². The van der Waals surface area contributed by atoms with E-state index in [2.05, 4.69) is 5.32 Å². The van der Waals surface area contributed by atoms with Gasteiger partial charge < -0.3 is 20.9 Å². The van der Waals surface area contributed by atoms with Crippen LogP contribution in [0, 0.1) is 5.41 Å². The molecule has 0 spiro atoms. The number of rotatable bonds is 5. The minimum absolute atomic E-state index is 0.112. The summed E-state index contributed by atoms with van der Waals surface area (Å²) in [7, 11) is 1.55. The first-order valence-corrected chi connectivity index (χ1v) is 6.93. The second-order valence-electron chi connectivity index (χ2n) is 5.50. The topological polar surface area (TPSA) is 84.6 Å². The molecule has 1 saturated carbocycles. The number of carbonyl (C=O) groups is 1. The first-order valence-electron chi connectivity index (χ1n) is 6.93. The van der Waals surface area contributed by atoms with Crippen LogP contribution < -0.4 is 15.8 Å². The number of ether oxygens (including phenoxy) is 1. The highest BCUT2D eigenvalue weighted by Gasteiger charge is 2.33. The molecule has 1 aliphatic rings. The number of aliphatic hydroxyl groups is 1. The number of nitrogen functional groups attached to an aromatic ring is 1. The first kappa shape index (κ1) is 14.7. The van der Waals surface area contributed by atoms with Gasteiger partial charge in [0, 0.05) is 17.6 Å². The molecule has 2 rings (SSSR count). The molecule has 4 N–H and O–H groups in total. The Hall–Kier alpha value is -1.75. The summed E-state index contributed by atoms with van der Waals surface area (Å²) in [5.74, 6) is 0.378. The fourth-order valence-corrected chi connectivity index (χ4v) is 2.74. The molecule has 5 heteroatoms. The van der Waals surface area contributed by atoms with Gasteiger partial charge in [0.1, 0.15) is 5.75 Å². The van der Waals surface area contributed by atoms with Crippen LogP contribution in [0.4, 0.5) is 5.69 Å². The van der Waals surface area contributed by atoms with Crippen molar-refractivity contribution in [3.63, 3.8) is 0 Å². The summed E-state index contributed by atoms with van der Waals surface area (Å²) in [6, 6.07) is 5.01. The lowest BCUT2D eigenvalue weighted by molar-refractivity contribution is 0.0881. The van der Waals surface area contributed by atoms with E-state index in [1.54, 1.807) is 25.3 Å². The third-order valence-corrected chi connectivity index (χ3v) is 4.13. The summed E-state index contributed by atoms with van der Waals surface area (Å²) in [6.07, 6.45) is 4.13. The SMILES string of the molecule is COc1ccc(N)c(C(=O)NCC2(CO)CCCC2)c1. The van der Waals surface area contributed by atoms with Gasteiger partial charge >= 0.3 is 0 Å². The molecule has 0 aromatic heterocycles. The maximum Gasteiger partial charge on any atom is 0.253 e. The van der Waals surface area contributed by atoms with Crippen LogP contribution in [0.3, 0.4) is 0 Å². The molecule has 1 aromatic rings. The molecule has 0 bridgehead atoms. The van der Waals surface area contributed by atoms with Gasteiger partial charge in [0.25, 0.3) is 5.91 Å². The van der Waals surface area contributed by atoms with Crippen LogP contribution in [0.5, 0.6) is 5.75 Å². The smallest absolute Gasteiger partial charge is 0.253 e. The van der Waals surface area contributed by atoms with E-state index in [1.165, 1.54) is 0 Å². The third kappa shape index (κ3) is 3.04. The van der Waals surface area contributed by atoms with Crippen molar-refractivity contribution in [2.45, 2.75) is 25.7 Å². The van der Waals surface area contributed by atoms with Crippen molar-refractivity contribution in [1.82, 2.24) is 5.32 Å². The fourth-order valence-electron chi connectivity index (χ4n) is 2.74. The number of hydrogen-bond donors (Lipinski definition) is 3. The van der Waals surface area contributed by atoms with Crippen molar-refractivity contribution in [2.75, 3.05) is 26.0 Å². The number of amides is 1. The molecule has 1 amide bonds. The molecule has 110 valence electrons. The van der Waals surface area contributed by atoms with E-state index < -0.39 is 0 Å². The van der Waals surface area contributed by atoms with E-state index in [0.29, 0.717) is 23.5 Å². The Bertz CT molecular complexity index is 482. The van der Waals surface area contributed by atoms with Gasteiger partial charge in [-0.05, 0) is 31.0 Å². The zero-order valence-electron chi connectivity index (χ0n) is 11.8. The minimum atomic E-state index is -0.221. The summed E-state index contributed by atoms with van der Waals surface area (Å²) in [6.45, 7) is 0.597. The molecule has 0 radical (unpaired) electrons. The van der Waals surface area contributed by atoms with Crippen LogP contribution in [0.2, 0.25) is 0 Å². The van der Waals surface area contributed by atoms with Crippen molar-refractivity contribution >= 4 is 11.6 Å². The molecule has 20 heavy (non-hydrogen) atoms. The molecule has 0 aliphatic heterocycles. The molecule has 1 aliphatic carbocycles. The van der Waals surface area contributed by atoms with Crippen molar-refractivity contribution < 1.29 is 14.6 Å². The number of hydrogen-bond acceptors (Lipinski definition) is 4. The monoisotopic (exact) mass is 278 g/mol. The number of aliphatic hydroxyl groups excluding tert-OH is 1. The standard InChI is InChI=1S/C15H22N2O3/c1-20-11-4-5-13(16)12(8-11)14(19)17-9-15(10-18)6-2-3-7-15/h4-5,8,18H,2-3,6-7,9-10,16H2,1H3,(H,17,19). The van der Waals surface area contributed by atoms with Crippen molar-refractivity contribution in [3.8, 4) is 5.75 Å². The summed E-state index contributed by atoms with van der Waals surface area (Å²) < 4.78 is 5.10. The fraction of sp³-hybridized carbons (Fsp3) is 0.533. The lowest BCUT2D eigenvalue weighted by atomic mass is 9.87. The third-order valence-electron chi connectivity index (χ3n) is 4.13. The van der Waals surface area contributed by atoms with Crippen LogP contribution in [0.25, 0.3) is 0 Å². The van der Waals surface area contributed by atoms with E-state index in [9.17, 15) is 9.90 Å². The van der Waals surface area contributed by atoms with E-state index in [1.807, 2.05) is 0 Å². The molecule has 0 heterocycles. The lowest BCUT2D eigenvalue weighted by Gasteiger charge is -2.26. The Labute approximate surface area is 119 Å². The average Bonchev–Trinajstić information content (AvgIpc) is 2.95. The van der Waals surface area contributed by atoms with Gasteiger partial charge in [0.15, 0.2) is 0 Å². The maximum absolute atomic E-state index is 12.2. The number of nitrogens with one attached hydrogen (secondary N) is 1. The van der Waals surface area contributed by atoms with E-state index in [0.717, 1.165) is 25.7 Å². The molecular formula is C15H22N2O3. The highest BCUT2D eigenvalue weighted by Crippen LogP contribution is 2.37. The first-order chi connectivity index (χ1) is 9.60. The van der Waals surface area contributed by atoms with Crippen molar-refractivity contribution in [1.29, 1.82) is 0 Å². The highest BCUT2D eigenvalue weighted by atomic mass is 16.5. The normalized spacial score (nSPS) is 16.9. The van der Waals surface area contributed by atoms with Gasteiger partial charge in [-0.3, -0.25) is 4.79 Å². The Morgan fingerprint density at radius 3 is 2.75 bits per heavy atom. The maximum atomic E-state index is 12.2. The summed E-state index contributed by atoms with van der Waals surface area (Å²) in [4.78, 5) is 12.2. The largest absolute Gasteiger partial charge is 0.497 e. The van der Waals surface area contributed by atoms with Gasteiger partial charge in [0.05, 0.1) is 19.3 Å². The Balaban J connectivity index is 2.04. The Kier molecular flexibility index (Phi) is 4.49. The quantitative estimate of drug-likeness (QED) is 0.714. The van der Waals surface area contributed by atoms with E-state index in [4.69, 9.17) is 10.5 Å². The summed E-state index contributed by atoms with van der Waals surface area (Å²) in [5, 5.41) is 12.4.